The molecule has 2 fully saturated rings. The second-order valence-corrected chi connectivity index (χ2v) is 6.63. The Kier molecular flexibility index (Phi) is 4.29. The number of hydrogen-bond donors (Lipinski definition) is 1. The molecule has 1 N–H and O–H groups in total. The van der Waals surface area contributed by atoms with Gasteiger partial charge in [0, 0.05) is 11.6 Å². The Bertz CT molecular complexity index is 650. The van der Waals surface area contributed by atoms with Crippen LogP contribution in [-0.2, 0) is 9.53 Å². The van der Waals surface area contributed by atoms with Gasteiger partial charge in [0.25, 0.3) is 5.91 Å². The van der Waals surface area contributed by atoms with Gasteiger partial charge in [-0.05, 0) is 43.7 Å². The van der Waals surface area contributed by atoms with Gasteiger partial charge < -0.3 is 9.84 Å². The van der Waals surface area contributed by atoms with Crippen LogP contribution in [0.5, 0.6) is 0 Å². The molecule has 1 atom stereocenters. The molecule has 0 aromatic heterocycles. The number of halogens is 2. The van der Waals surface area contributed by atoms with Crippen molar-refractivity contribution < 1.29 is 28.2 Å². The number of hydrogen-bond acceptors (Lipinski definition) is 3. The average Bonchev–Trinajstić information content (AvgIpc) is 2.88. The lowest BCUT2D eigenvalue weighted by Gasteiger charge is -2.42. The fourth-order valence-corrected chi connectivity index (χ4v) is 3.59. The summed E-state index contributed by atoms with van der Waals surface area (Å²) in [6.07, 6.45) is 2.63. The molecule has 1 aliphatic heterocycles. The summed E-state index contributed by atoms with van der Waals surface area (Å²) >= 11 is 0. The van der Waals surface area contributed by atoms with Gasteiger partial charge >= 0.3 is 5.97 Å². The van der Waals surface area contributed by atoms with Crippen molar-refractivity contribution >= 4 is 11.9 Å². The van der Waals surface area contributed by atoms with Crippen LogP contribution in [0.15, 0.2) is 18.2 Å². The zero-order chi connectivity index (χ0) is 17.5. The van der Waals surface area contributed by atoms with E-state index in [1.807, 2.05) is 0 Å². The molecule has 1 amide bonds. The van der Waals surface area contributed by atoms with Crippen molar-refractivity contribution in [1.29, 1.82) is 0 Å². The lowest BCUT2D eigenvalue weighted by molar-refractivity contribution is -0.143. The van der Waals surface area contributed by atoms with Crippen LogP contribution in [0, 0.1) is 17.6 Å². The average molecular weight is 339 g/mol. The van der Waals surface area contributed by atoms with Gasteiger partial charge in [-0.3, -0.25) is 9.69 Å². The predicted octanol–water partition coefficient (Wildman–Crippen LogP) is 2.80. The summed E-state index contributed by atoms with van der Waals surface area (Å²) in [5.41, 5.74) is -1.21. The summed E-state index contributed by atoms with van der Waals surface area (Å²) < 4.78 is 32.7. The number of ether oxygens (including phenoxy) is 1. The monoisotopic (exact) mass is 339 g/mol. The molecule has 24 heavy (non-hydrogen) atoms. The van der Waals surface area contributed by atoms with Crippen molar-refractivity contribution in [2.24, 2.45) is 5.92 Å². The van der Waals surface area contributed by atoms with Gasteiger partial charge in [0.05, 0.1) is 6.61 Å². The number of aliphatic carboxylic acids is 1. The Morgan fingerprint density at radius 1 is 1.21 bits per heavy atom. The molecule has 0 radical (unpaired) electrons. The van der Waals surface area contributed by atoms with Crippen LogP contribution in [0.1, 0.15) is 43.0 Å². The third-order valence-electron chi connectivity index (χ3n) is 4.93. The molecule has 7 heteroatoms. The summed E-state index contributed by atoms with van der Waals surface area (Å²) in [6, 6.07) is 1.35. The largest absolute Gasteiger partial charge is 0.480 e. The van der Waals surface area contributed by atoms with E-state index in [0.717, 1.165) is 25.0 Å². The van der Waals surface area contributed by atoms with E-state index < -0.39 is 35.3 Å². The maximum Gasteiger partial charge on any atom is 0.328 e. The molecule has 1 aromatic carbocycles. The minimum absolute atomic E-state index is 0.118. The normalized spacial score (nSPS) is 29.9. The van der Waals surface area contributed by atoms with Crippen LogP contribution < -0.4 is 0 Å². The van der Waals surface area contributed by atoms with E-state index >= 15 is 0 Å². The van der Waals surface area contributed by atoms with Gasteiger partial charge in [-0.1, -0.05) is 6.92 Å². The van der Waals surface area contributed by atoms with Crippen molar-refractivity contribution in [2.75, 3.05) is 6.61 Å². The van der Waals surface area contributed by atoms with Crippen molar-refractivity contribution in [2.45, 2.75) is 44.4 Å². The second-order valence-electron chi connectivity index (χ2n) is 6.63. The van der Waals surface area contributed by atoms with Crippen LogP contribution in [0.25, 0.3) is 0 Å². The van der Waals surface area contributed by atoms with Crippen LogP contribution >= 0.6 is 0 Å². The van der Waals surface area contributed by atoms with E-state index in [4.69, 9.17) is 4.74 Å². The Morgan fingerprint density at radius 3 is 2.33 bits per heavy atom. The Morgan fingerprint density at radius 2 is 1.79 bits per heavy atom. The molecule has 1 aliphatic carbocycles. The highest BCUT2D eigenvalue weighted by Crippen LogP contribution is 2.43. The maximum atomic E-state index is 13.5. The number of nitrogens with zero attached hydrogens (tertiary/aromatic N) is 1. The molecule has 0 bridgehead atoms. The van der Waals surface area contributed by atoms with Crippen molar-refractivity contribution in [3.8, 4) is 0 Å². The third-order valence-corrected chi connectivity index (χ3v) is 4.93. The zero-order valence-corrected chi connectivity index (χ0v) is 13.3. The standard InChI is InChI=1S/C17H19F2NO4/c1-10-2-4-17(5-3-10)20(14(9-24-17)16(22)23)15(21)11-6-12(18)8-13(19)7-11/h6-8,10,14H,2-5,9H2,1H3,(H,22,23)/t10?,14-,17?/m0/s1. The fraction of sp³-hybridized carbons (Fsp3) is 0.529. The third kappa shape index (κ3) is 2.88. The molecule has 1 heterocycles. The molecule has 1 spiro atoms. The van der Waals surface area contributed by atoms with E-state index in [1.165, 1.54) is 4.90 Å². The number of benzene rings is 1. The van der Waals surface area contributed by atoms with Crippen LogP contribution in [0.2, 0.25) is 0 Å². The van der Waals surface area contributed by atoms with E-state index in [1.54, 1.807) is 0 Å². The minimum atomic E-state index is -1.18. The van der Waals surface area contributed by atoms with Gasteiger partial charge in [-0.2, -0.15) is 0 Å². The molecular formula is C17H19F2NO4. The van der Waals surface area contributed by atoms with Crippen LogP contribution in [0.3, 0.4) is 0 Å². The number of rotatable bonds is 2. The van der Waals surface area contributed by atoms with Crippen LogP contribution in [-0.4, -0.2) is 40.3 Å². The van der Waals surface area contributed by atoms with Crippen molar-refractivity contribution in [3.63, 3.8) is 0 Å². The van der Waals surface area contributed by atoms with E-state index in [0.29, 0.717) is 24.8 Å². The Hall–Kier alpha value is -2.02. The Labute approximate surface area is 138 Å². The van der Waals surface area contributed by atoms with Gasteiger partial charge in [-0.25, -0.2) is 13.6 Å². The summed E-state index contributed by atoms with van der Waals surface area (Å²) in [4.78, 5) is 25.6. The first kappa shape index (κ1) is 16.8. The first-order valence-electron chi connectivity index (χ1n) is 7.99. The Balaban J connectivity index is 1.98. The van der Waals surface area contributed by atoms with Gasteiger partial charge in [-0.15, -0.1) is 0 Å². The van der Waals surface area contributed by atoms with Gasteiger partial charge in [0.1, 0.15) is 17.4 Å². The number of carbonyl (C=O) groups is 2. The molecule has 1 saturated carbocycles. The molecule has 3 rings (SSSR count). The summed E-state index contributed by atoms with van der Waals surface area (Å²) in [5.74, 6) is -3.19. The first-order chi connectivity index (χ1) is 11.3. The quantitative estimate of drug-likeness (QED) is 0.900. The summed E-state index contributed by atoms with van der Waals surface area (Å²) in [6.45, 7) is 1.97. The summed E-state index contributed by atoms with van der Waals surface area (Å²) in [5, 5.41) is 9.43. The highest BCUT2D eigenvalue weighted by atomic mass is 19.1. The number of amides is 1. The molecule has 1 aromatic rings. The number of carboxylic acids is 1. The number of carboxylic acid groups (broad SMARTS) is 1. The van der Waals surface area contributed by atoms with Gasteiger partial charge in [0.15, 0.2) is 6.04 Å². The second kappa shape index (κ2) is 6.12. The molecule has 130 valence electrons. The first-order valence-corrected chi connectivity index (χ1v) is 7.99. The van der Waals surface area contributed by atoms with E-state index in [-0.39, 0.29) is 12.2 Å². The molecule has 1 saturated heterocycles. The summed E-state index contributed by atoms with van der Waals surface area (Å²) in [7, 11) is 0. The lowest BCUT2D eigenvalue weighted by Crippen LogP contribution is -2.55. The zero-order valence-electron chi connectivity index (χ0n) is 13.3. The SMILES string of the molecule is CC1CCC2(CC1)OC[C@@H](C(=O)O)N2C(=O)c1cc(F)cc(F)c1. The molecule has 5 nitrogen and oxygen atoms in total. The molecule has 0 unspecified atom stereocenters. The molecule has 2 aliphatic rings. The maximum absolute atomic E-state index is 13.5. The van der Waals surface area contributed by atoms with Crippen molar-refractivity contribution in [1.82, 2.24) is 4.90 Å². The van der Waals surface area contributed by atoms with E-state index in [2.05, 4.69) is 6.92 Å². The predicted molar refractivity (Wildman–Crippen MR) is 80.3 cm³/mol. The highest BCUT2D eigenvalue weighted by molar-refractivity contribution is 5.97. The minimum Gasteiger partial charge on any atom is -0.480 e. The van der Waals surface area contributed by atoms with Crippen LogP contribution in [0.4, 0.5) is 8.78 Å². The van der Waals surface area contributed by atoms with Gasteiger partial charge in [0.2, 0.25) is 0 Å². The lowest BCUT2D eigenvalue weighted by atomic mass is 9.83. The van der Waals surface area contributed by atoms with E-state index in [9.17, 15) is 23.5 Å². The highest BCUT2D eigenvalue weighted by Gasteiger charge is 2.53. The fourth-order valence-electron chi connectivity index (χ4n) is 3.59. The number of carbonyl (C=O) groups excluding carboxylic acids is 1. The smallest absolute Gasteiger partial charge is 0.328 e. The van der Waals surface area contributed by atoms with Crippen molar-refractivity contribution in [3.05, 3.63) is 35.4 Å². The topological polar surface area (TPSA) is 66.8 Å². The molecular weight excluding hydrogens is 320 g/mol.